The Morgan fingerprint density at radius 3 is 2.70 bits per heavy atom. The first kappa shape index (κ1) is 18.7. The number of fused-ring (bicyclic) bond motifs is 1. The van der Waals surface area contributed by atoms with Gasteiger partial charge in [-0.15, -0.1) is 0 Å². The summed E-state index contributed by atoms with van der Waals surface area (Å²) in [6.07, 6.45) is 3.11. The highest BCUT2D eigenvalue weighted by molar-refractivity contribution is 14.1. The summed E-state index contributed by atoms with van der Waals surface area (Å²) in [6, 6.07) is 16.4. The van der Waals surface area contributed by atoms with E-state index in [1.165, 1.54) is 6.08 Å². The molecule has 0 aliphatic heterocycles. The lowest BCUT2D eigenvalue weighted by Gasteiger charge is -2.04. The number of nitriles is 1. The predicted molar refractivity (Wildman–Crippen MR) is 111 cm³/mol. The highest BCUT2D eigenvalue weighted by Gasteiger charge is 2.13. The van der Waals surface area contributed by atoms with Gasteiger partial charge in [0.15, 0.2) is 0 Å². The smallest absolute Gasteiger partial charge is 0.323 e. The standard InChI is InChI=1S/C20H14IN3O3/c21-15-4-3-5-16(9-15)23-20(27)13(10-22)8-14-11-24(12-19(25)26)18-7-2-1-6-17(14)18/h1-9,11H,12H2,(H,23,27)(H,25,26)/b13-8+. The lowest BCUT2D eigenvalue weighted by molar-refractivity contribution is -0.137. The maximum absolute atomic E-state index is 12.5. The average Bonchev–Trinajstić information content (AvgIpc) is 2.96. The normalized spacial score (nSPS) is 11.2. The van der Waals surface area contributed by atoms with Crippen LogP contribution in [0.4, 0.5) is 5.69 Å². The zero-order chi connectivity index (χ0) is 19.4. The van der Waals surface area contributed by atoms with Gasteiger partial charge in [-0.1, -0.05) is 24.3 Å². The van der Waals surface area contributed by atoms with Gasteiger partial charge in [-0.25, -0.2) is 0 Å². The third-order valence-corrected chi connectivity index (χ3v) is 4.54. The first-order valence-corrected chi connectivity index (χ1v) is 9.04. The quantitative estimate of drug-likeness (QED) is 0.336. The topological polar surface area (TPSA) is 95.1 Å². The van der Waals surface area contributed by atoms with Crippen LogP contribution < -0.4 is 5.32 Å². The fourth-order valence-corrected chi connectivity index (χ4v) is 3.28. The van der Waals surface area contributed by atoms with Crippen LogP contribution in [-0.4, -0.2) is 21.6 Å². The second-order valence-electron chi connectivity index (χ2n) is 5.76. The number of hydrogen-bond donors (Lipinski definition) is 2. The second kappa shape index (κ2) is 8.05. The van der Waals surface area contributed by atoms with Crippen molar-refractivity contribution in [3.05, 3.63) is 69.4 Å². The number of anilines is 1. The van der Waals surface area contributed by atoms with Crippen molar-refractivity contribution in [1.29, 1.82) is 5.26 Å². The molecule has 0 unspecified atom stereocenters. The lowest BCUT2D eigenvalue weighted by atomic mass is 10.1. The van der Waals surface area contributed by atoms with Crippen molar-refractivity contribution in [1.82, 2.24) is 4.57 Å². The van der Waals surface area contributed by atoms with Crippen LogP contribution in [0.2, 0.25) is 0 Å². The third kappa shape index (κ3) is 4.35. The van der Waals surface area contributed by atoms with Crippen molar-refractivity contribution in [2.75, 3.05) is 5.32 Å². The van der Waals surface area contributed by atoms with Gasteiger partial charge in [0.05, 0.1) is 0 Å². The van der Waals surface area contributed by atoms with Crippen LogP contribution in [0, 0.1) is 14.9 Å². The minimum atomic E-state index is -0.969. The molecule has 0 bridgehead atoms. The van der Waals surface area contributed by atoms with Crippen molar-refractivity contribution in [3.63, 3.8) is 0 Å². The number of nitrogens with one attached hydrogen (secondary N) is 1. The lowest BCUT2D eigenvalue weighted by Crippen LogP contribution is -2.13. The molecule has 0 saturated heterocycles. The summed E-state index contributed by atoms with van der Waals surface area (Å²) in [5.41, 5.74) is 1.87. The second-order valence-corrected chi connectivity index (χ2v) is 7.00. The number of benzene rings is 2. The monoisotopic (exact) mass is 471 g/mol. The summed E-state index contributed by atoms with van der Waals surface area (Å²) >= 11 is 2.14. The molecule has 6 nitrogen and oxygen atoms in total. The van der Waals surface area contributed by atoms with Crippen LogP contribution in [-0.2, 0) is 16.1 Å². The van der Waals surface area contributed by atoms with Gasteiger partial charge in [0.1, 0.15) is 18.2 Å². The molecular weight excluding hydrogens is 457 g/mol. The van der Waals surface area contributed by atoms with Crippen LogP contribution in [0.25, 0.3) is 17.0 Å². The van der Waals surface area contributed by atoms with Gasteiger partial charge in [-0.2, -0.15) is 5.26 Å². The number of aromatic nitrogens is 1. The van der Waals surface area contributed by atoms with E-state index in [-0.39, 0.29) is 12.1 Å². The van der Waals surface area contributed by atoms with Crippen LogP contribution in [0.5, 0.6) is 0 Å². The van der Waals surface area contributed by atoms with Crippen LogP contribution in [0.1, 0.15) is 5.56 Å². The van der Waals surface area contributed by atoms with E-state index in [4.69, 9.17) is 5.11 Å². The van der Waals surface area contributed by atoms with E-state index in [0.717, 1.165) is 14.5 Å². The Hall–Kier alpha value is -3.12. The van der Waals surface area contributed by atoms with E-state index >= 15 is 0 Å². The summed E-state index contributed by atoms with van der Waals surface area (Å²) in [6.45, 7) is -0.203. The third-order valence-electron chi connectivity index (χ3n) is 3.87. The molecule has 0 atom stereocenters. The first-order valence-electron chi connectivity index (χ1n) is 7.96. The Morgan fingerprint density at radius 1 is 1.22 bits per heavy atom. The summed E-state index contributed by atoms with van der Waals surface area (Å²) < 4.78 is 2.54. The van der Waals surface area contributed by atoms with E-state index in [1.54, 1.807) is 29.0 Å². The molecular formula is C20H14IN3O3. The number of nitrogens with zero attached hydrogens (tertiary/aromatic N) is 2. The van der Waals surface area contributed by atoms with Crippen LogP contribution in [0.15, 0.2) is 60.3 Å². The van der Waals surface area contributed by atoms with Gasteiger partial charge in [-0.3, -0.25) is 9.59 Å². The number of hydrogen-bond acceptors (Lipinski definition) is 3. The van der Waals surface area contributed by atoms with Gasteiger partial charge in [0.2, 0.25) is 0 Å². The molecule has 2 aromatic carbocycles. The largest absolute Gasteiger partial charge is 0.480 e. The fraction of sp³-hybridized carbons (Fsp3) is 0.0500. The Bertz CT molecular complexity index is 1110. The molecule has 1 amide bonds. The van der Waals surface area contributed by atoms with Crippen molar-refractivity contribution in [2.24, 2.45) is 0 Å². The SMILES string of the molecule is N#C/C(=C\c1cn(CC(=O)O)c2ccccc12)C(=O)Nc1cccc(I)c1. The molecule has 134 valence electrons. The van der Waals surface area contributed by atoms with Gasteiger partial charge in [0, 0.05) is 31.9 Å². The molecule has 0 fully saturated rings. The molecule has 0 saturated carbocycles. The van der Waals surface area contributed by atoms with Crippen molar-refractivity contribution >= 4 is 57.1 Å². The summed E-state index contributed by atoms with van der Waals surface area (Å²) in [5, 5.41) is 22.0. The molecule has 1 heterocycles. The summed E-state index contributed by atoms with van der Waals surface area (Å²) in [7, 11) is 0. The van der Waals surface area contributed by atoms with Gasteiger partial charge in [-0.05, 0) is 52.9 Å². The zero-order valence-corrected chi connectivity index (χ0v) is 16.2. The first-order chi connectivity index (χ1) is 13.0. The van der Waals surface area contributed by atoms with Crippen LogP contribution in [0.3, 0.4) is 0 Å². The summed E-state index contributed by atoms with van der Waals surface area (Å²) in [5.74, 6) is -1.49. The molecule has 0 aliphatic carbocycles. The minimum absolute atomic E-state index is 0.0629. The number of carbonyl (C=O) groups is 2. The van der Waals surface area contributed by atoms with E-state index in [0.29, 0.717) is 11.3 Å². The minimum Gasteiger partial charge on any atom is -0.480 e. The molecule has 1 aromatic heterocycles. The predicted octanol–water partition coefficient (Wildman–Crippen LogP) is 3.88. The van der Waals surface area contributed by atoms with E-state index < -0.39 is 11.9 Å². The molecule has 0 spiro atoms. The highest BCUT2D eigenvalue weighted by Crippen LogP contribution is 2.24. The average molecular weight is 471 g/mol. The number of rotatable bonds is 5. The van der Waals surface area contributed by atoms with E-state index in [2.05, 4.69) is 27.9 Å². The zero-order valence-electron chi connectivity index (χ0n) is 14.0. The molecule has 0 aliphatic rings. The number of amides is 1. The number of para-hydroxylation sites is 1. The fourth-order valence-electron chi connectivity index (χ4n) is 2.74. The maximum Gasteiger partial charge on any atom is 0.323 e. The Kier molecular flexibility index (Phi) is 5.57. The molecule has 3 aromatic rings. The maximum atomic E-state index is 12.5. The number of carboxylic acids is 1. The molecule has 3 rings (SSSR count). The Labute approximate surface area is 168 Å². The molecule has 7 heteroatoms. The number of halogens is 1. The Balaban J connectivity index is 1.97. The Morgan fingerprint density at radius 2 is 2.00 bits per heavy atom. The van der Waals surface area contributed by atoms with E-state index in [9.17, 15) is 14.9 Å². The van der Waals surface area contributed by atoms with Crippen molar-refractivity contribution < 1.29 is 14.7 Å². The molecule has 27 heavy (non-hydrogen) atoms. The van der Waals surface area contributed by atoms with Gasteiger partial charge in [0.25, 0.3) is 5.91 Å². The molecule has 2 N–H and O–H groups in total. The van der Waals surface area contributed by atoms with Crippen LogP contribution >= 0.6 is 22.6 Å². The van der Waals surface area contributed by atoms with E-state index in [1.807, 2.05) is 36.4 Å². The van der Waals surface area contributed by atoms with Gasteiger partial charge < -0.3 is 15.0 Å². The van der Waals surface area contributed by atoms with Crippen molar-refractivity contribution in [2.45, 2.75) is 6.54 Å². The number of carbonyl (C=O) groups excluding carboxylic acids is 1. The number of aliphatic carboxylic acids is 1. The van der Waals surface area contributed by atoms with Crippen molar-refractivity contribution in [3.8, 4) is 6.07 Å². The molecule has 0 radical (unpaired) electrons. The van der Waals surface area contributed by atoms with Gasteiger partial charge >= 0.3 is 5.97 Å². The summed E-state index contributed by atoms with van der Waals surface area (Å²) in [4.78, 5) is 23.6. The number of carboxylic acid groups (broad SMARTS) is 1. The highest BCUT2D eigenvalue weighted by atomic mass is 127.